The molecule has 2 N–H and O–H groups in total. The first-order valence-corrected chi connectivity index (χ1v) is 8.14. The van der Waals surface area contributed by atoms with Crippen LogP contribution < -0.4 is 9.47 Å². The maximum Gasteiger partial charge on any atom is 0.314 e. The average molecular weight is 364 g/mol. The number of hydrogen-bond donors (Lipinski definition) is 2. The Kier molecular flexibility index (Phi) is 5.64. The molecule has 140 valence electrons. The van der Waals surface area contributed by atoms with Crippen LogP contribution in [0, 0.1) is 5.92 Å². The second-order valence-corrected chi connectivity index (χ2v) is 6.32. The molecule has 1 saturated carbocycles. The van der Waals surface area contributed by atoms with E-state index in [-0.39, 0.29) is 42.7 Å². The SMILES string of the molecule is CC(=O)Oc1cccc(C2(C(=O)O)CCC(C(=O)O)CC2)c1OC(C)=O. The number of ether oxygens (including phenoxy) is 2. The minimum atomic E-state index is -1.42. The number of aliphatic carboxylic acids is 2. The zero-order valence-electron chi connectivity index (χ0n) is 14.5. The first kappa shape index (κ1) is 19.4. The molecule has 0 aliphatic heterocycles. The van der Waals surface area contributed by atoms with Gasteiger partial charge in [-0.2, -0.15) is 0 Å². The molecule has 1 aliphatic carbocycles. The number of carboxylic acid groups (broad SMARTS) is 2. The van der Waals surface area contributed by atoms with Crippen LogP contribution in [-0.2, 0) is 24.6 Å². The molecule has 0 unspecified atom stereocenters. The normalized spacial score (nSPS) is 22.3. The van der Waals surface area contributed by atoms with Crippen LogP contribution in [0.5, 0.6) is 11.5 Å². The molecule has 0 radical (unpaired) electrons. The van der Waals surface area contributed by atoms with Crippen molar-refractivity contribution in [2.75, 3.05) is 0 Å². The molecule has 0 aromatic heterocycles. The second-order valence-electron chi connectivity index (χ2n) is 6.32. The third kappa shape index (κ3) is 3.84. The van der Waals surface area contributed by atoms with Crippen LogP contribution in [0.3, 0.4) is 0 Å². The molecule has 0 saturated heterocycles. The highest BCUT2D eigenvalue weighted by Crippen LogP contribution is 2.48. The van der Waals surface area contributed by atoms with Gasteiger partial charge in [0.15, 0.2) is 11.5 Å². The lowest BCUT2D eigenvalue weighted by Crippen LogP contribution is -2.41. The van der Waals surface area contributed by atoms with Gasteiger partial charge in [0.2, 0.25) is 0 Å². The summed E-state index contributed by atoms with van der Waals surface area (Å²) in [6, 6.07) is 4.41. The van der Waals surface area contributed by atoms with Gasteiger partial charge < -0.3 is 19.7 Å². The van der Waals surface area contributed by atoms with Crippen molar-refractivity contribution in [2.45, 2.75) is 44.9 Å². The minimum absolute atomic E-state index is 0.0498. The van der Waals surface area contributed by atoms with Gasteiger partial charge in [0, 0.05) is 19.4 Å². The lowest BCUT2D eigenvalue weighted by molar-refractivity contribution is -0.150. The number of carbonyl (C=O) groups excluding carboxylic acids is 2. The van der Waals surface area contributed by atoms with Crippen LogP contribution in [0.1, 0.15) is 45.1 Å². The van der Waals surface area contributed by atoms with Crippen molar-refractivity contribution in [3.05, 3.63) is 23.8 Å². The molecule has 8 heteroatoms. The first-order chi connectivity index (χ1) is 12.2. The summed E-state index contributed by atoms with van der Waals surface area (Å²) in [5.41, 5.74) is -1.23. The van der Waals surface area contributed by atoms with E-state index < -0.39 is 35.2 Å². The zero-order valence-corrected chi connectivity index (χ0v) is 14.5. The Hall–Kier alpha value is -2.90. The van der Waals surface area contributed by atoms with E-state index in [2.05, 4.69) is 0 Å². The van der Waals surface area contributed by atoms with Crippen molar-refractivity contribution in [3.8, 4) is 11.5 Å². The maximum atomic E-state index is 12.1. The van der Waals surface area contributed by atoms with E-state index in [1.54, 1.807) is 0 Å². The summed E-state index contributed by atoms with van der Waals surface area (Å²) in [6.45, 7) is 2.33. The Morgan fingerprint density at radius 1 is 1.00 bits per heavy atom. The molecule has 1 fully saturated rings. The number of carbonyl (C=O) groups is 4. The third-order valence-electron chi connectivity index (χ3n) is 4.59. The van der Waals surface area contributed by atoms with E-state index in [9.17, 15) is 24.3 Å². The van der Waals surface area contributed by atoms with Crippen molar-refractivity contribution < 1.29 is 38.9 Å². The van der Waals surface area contributed by atoms with Crippen LogP contribution in [0.4, 0.5) is 0 Å². The number of hydrogen-bond acceptors (Lipinski definition) is 6. The van der Waals surface area contributed by atoms with Gasteiger partial charge in [-0.05, 0) is 31.7 Å². The van der Waals surface area contributed by atoms with Crippen LogP contribution in [0.15, 0.2) is 18.2 Å². The predicted octanol–water partition coefficient (Wildman–Crippen LogP) is 2.13. The molecule has 26 heavy (non-hydrogen) atoms. The molecule has 1 aromatic rings. The van der Waals surface area contributed by atoms with Crippen LogP contribution in [0.25, 0.3) is 0 Å². The van der Waals surface area contributed by atoms with Gasteiger partial charge in [0.25, 0.3) is 0 Å². The smallest absolute Gasteiger partial charge is 0.314 e. The fourth-order valence-corrected chi connectivity index (χ4v) is 3.33. The van der Waals surface area contributed by atoms with Gasteiger partial charge in [-0.15, -0.1) is 0 Å². The summed E-state index contributed by atoms with van der Waals surface area (Å²) in [7, 11) is 0. The summed E-state index contributed by atoms with van der Waals surface area (Å²) in [4.78, 5) is 46.2. The van der Waals surface area contributed by atoms with Crippen LogP contribution in [0.2, 0.25) is 0 Å². The Labute approximate surface area is 149 Å². The predicted molar refractivity (Wildman–Crippen MR) is 88.0 cm³/mol. The molecule has 2 rings (SSSR count). The number of benzene rings is 1. The zero-order chi connectivity index (χ0) is 19.5. The van der Waals surface area contributed by atoms with E-state index in [0.29, 0.717) is 0 Å². The van der Waals surface area contributed by atoms with Crippen molar-refractivity contribution in [1.82, 2.24) is 0 Å². The lowest BCUT2D eigenvalue weighted by Gasteiger charge is -2.36. The van der Waals surface area contributed by atoms with Gasteiger partial charge in [0.1, 0.15) is 0 Å². The Morgan fingerprint density at radius 3 is 2.04 bits per heavy atom. The molecule has 0 amide bonds. The molecular weight excluding hydrogens is 344 g/mol. The molecule has 0 heterocycles. The van der Waals surface area contributed by atoms with Gasteiger partial charge in [0.05, 0.1) is 11.3 Å². The fourth-order valence-electron chi connectivity index (χ4n) is 3.33. The molecule has 8 nitrogen and oxygen atoms in total. The molecular formula is C18H20O8. The number of para-hydroxylation sites is 1. The Morgan fingerprint density at radius 2 is 1.58 bits per heavy atom. The van der Waals surface area contributed by atoms with E-state index in [0.717, 1.165) is 6.92 Å². The summed E-state index contributed by atoms with van der Waals surface area (Å²) in [5, 5.41) is 19.1. The van der Waals surface area contributed by atoms with Crippen molar-refractivity contribution in [2.24, 2.45) is 5.92 Å². The fraction of sp³-hybridized carbons (Fsp3) is 0.444. The number of rotatable bonds is 5. The molecule has 0 spiro atoms. The second kappa shape index (κ2) is 7.55. The lowest BCUT2D eigenvalue weighted by atomic mass is 9.66. The Balaban J connectivity index is 2.55. The summed E-state index contributed by atoms with van der Waals surface area (Å²) >= 11 is 0. The van der Waals surface area contributed by atoms with Crippen molar-refractivity contribution in [1.29, 1.82) is 0 Å². The summed E-state index contributed by atoms with van der Waals surface area (Å²) < 4.78 is 10.2. The topological polar surface area (TPSA) is 127 Å². The highest BCUT2D eigenvalue weighted by Gasteiger charge is 2.47. The molecule has 0 atom stereocenters. The van der Waals surface area contributed by atoms with Gasteiger partial charge >= 0.3 is 23.9 Å². The van der Waals surface area contributed by atoms with Crippen molar-refractivity contribution in [3.63, 3.8) is 0 Å². The number of esters is 2. The quantitative estimate of drug-likeness (QED) is 0.601. The summed E-state index contributed by atoms with van der Waals surface area (Å²) in [5.74, 6) is -4.22. The van der Waals surface area contributed by atoms with E-state index in [4.69, 9.17) is 14.6 Å². The summed E-state index contributed by atoms with van der Waals surface area (Å²) in [6.07, 6.45) is 0.492. The maximum absolute atomic E-state index is 12.1. The first-order valence-electron chi connectivity index (χ1n) is 8.14. The third-order valence-corrected chi connectivity index (χ3v) is 4.59. The monoisotopic (exact) mass is 364 g/mol. The minimum Gasteiger partial charge on any atom is -0.481 e. The standard InChI is InChI=1S/C18H20O8/c1-10(19)25-14-5-3-4-13(15(14)26-11(2)20)18(17(23)24)8-6-12(7-9-18)16(21)22/h3-5,12H,6-9H2,1-2H3,(H,21,22)(H,23,24). The largest absolute Gasteiger partial charge is 0.481 e. The highest BCUT2D eigenvalue weighted by molar-refractivity contribution is 5.85. The van der Waals surface area contributed by atoms with E-state index in [1.165, 1.54) is 25.1 Å². The average Bonchev–Trinajstić information content (AvgIpc) is 2.55. The van der Waals surface area contributed by atoms with Crippen LogP contribution in [-0.4, -0.2) is 34.1 Å². The molecule has 1 aromatic carbocycles. The van der Waals surface area contributed by atoms with Gasteiger partial charge in [-0.25, -0.2) is 0 Å². The van der Waals surface area contributed by atoms with Gasteiger partial charge in [-0.3, -0.25) is 19.2 Å². The highest BCUT2D eigenvalue weighted by atomic mass is 16.6. The molecule has 0 bridgehead atoms. The van der Waals surface area contributed by atoms with E-state index in [1.807, 2.05) is 0 Å². The van der Waals surface area contributed by atoms with Crippen molar-refractivity contribution >= 4 is 23.9 Å². The molecule has 1 aliphatic rings. The van der Waals surface area contributed by atoms with Crippen LogP contribution >= 0.6 is 0 Å². The van der Waals surface area contributed by atoms with E-state index >= 15 is 0 Å². The Bertz CT molecular complexity index is 744. The number of carboxylic acids is 2. The van der Waals surface area contributed by atoms with Gasteiger partial charge in [-0.1, -0.05) is 12.1 Å².